The monoisotopic (exact) mass is 444 g/mol. The van der Waals surface area contributed by atoms with E-state index in [1.807, 2.05) is 47.4 Å². The number of nitrogens with two attached hydrogens (primary N) is 1. The number of nitrogens with zero attached hydrogens (tertiary/aromatic N) is 5. The highest BCUT2D eigenvalue weighted by Gasteiger charge is 2.21. The Kier molecular flexibility index (Phi) is 5.61. The number of methoxy groups -OCH3 is 1. The second-order valence-corrected chi connectivity index (χ2v) is 8.06. The van der Waals surface area contributed by atoms with Crippen molar-refractivity contribution in [2.75, 3.05) is 44.0 Å². The first-order chi connectivity index (χ1) is 16.0. The standard InChI is InChI=1S/C23H25BN6O3/c1-24(31)19-10-18(15-3-4-17-20(25)13-26-28-21(17)9-15)22(11-23(19)32-2)30-14-16(12-27-30)29-5-7-33-8-6-29/h3-4,9-14,31H,5-8H2,1-2H3,(H2,25,28). The molecule has 168 valence electrons. The molecule has 0 radical (unpaired) electrons. The summed E-state index contributed by atoms with van der Waals surface area (Å²) in [4.78, 5) is 2.25. The van der Waals surface area contributed by atoms with Gasteiger partial charge in [0.15, 0.2) is 0 Å². The molecule has 0 amide bonds. The van der Waals surface area contributed by atoms with Crippen molar-refractivity contribution >= 4 is 34.7 Å². The highest BCUT2D eigenvalue weighted by Crippen LogP contribution is 2.32. The van der Waals surface area contributed by atoms with Crippen molar-refractivity contribution in [1.29, 1.82) is 0 Å². The van der Waals surface area contributed by atoms with E-state index in [9.17, 15) is 5.02 Å². The third-order valence-corrected chi connectivity index (χ3v) is 5.97. The number of nitrogen functional groups attached to an aromatic ring is 1. The zero-order valence-corrected chi connectivity index (χ0v) is 18.6. The van der Waals surface area contributed by atoms with Crippen molar-refractivity contribution in [2.45, 2.75) is 6.82 Å². The summed E-state index contributed by atoms with van der Waals surface area (Å²) in [5.41, 5.74) is 11.7. The zero-order chi connectivity index (χ0) is 22.9. The quantitative estimate of drug-likeness (QED) is 0.448. The predicted octanol–water partition coefficient (Wildman–Crippen LogP) is 1.73. The Hall–Kier alpha value is -3.63. The first-order valence-electron chi connectivity index (χ1n) is 10.8. The third-order valence-electron chi connectivity index (χ3n) is 5.97. The van der Waals surface area contributed by atoms with Gasteiger partial charge in [-0.2, -0.15) is 15.3 Å². The molecule has 1 saturated heterocycles. The highest BCUT2D eigenvalue weighted by atomic mass is 16.5. The van der Waals surface area contributed by atoms with Crippen LogP contribution in [0.5, 0.6) is 5.75 Å². The Morgan fingerprint density at radius 3 is 2.73 bits per heavy atom. The van der Waals surface area contributed by atoms with Crippen LogP contribution in [0.1, 0.15) is 0 Å². The van der Waals surface area contributed by atoms with Crippen molar-refractivity contribution < 1.29 is 14.5 Å². The molecule has 3 N–H and O–H groups in total. The molecule has 1 aliphatic heterocycles. The lowest BCUT2D eigenvalue weighted by Crippen LogP contribution is -2.35. The van der Waals surface area contributed by atoms with E-state index in [0.717, 1.165) is 41.0 Å². The molecular formula is C23H25BN6O3. The van der Waals surface area contributed by atoms with Gasteiger partial charge in [-0.25, -0.2) is 4.68 Å². The van der Waals surface area contributed by atoms with E-state index >= 15 is 0 Å². The molecule has 4 aromatic rings. The SMILES string of the molecule is COc1cc(-n2cc(N3CCOCC3)cn2)c(-c2ccc3c(N)cnnc3c2)cc1B(C)O. The van der Waals surface area contributed by atoms with Gasteiger partial charge in [0.1, 0.15) is 5.75 Å². The van der Waals surface area contributed by atoms with E-state index in [1.54, 1.807) is 20.1 Å². The zero-order valence-electron chi connectivity index (χ0n) is 18.6. The van der Waals surface area contributed by atoms with Crippen LogP contribution in [0, 0.1) is 0 Å². The number of aromatic nitrogens is 4. The van der Waals surface area contributed by atoms with Crippen LogP contribution >= 0.6 is 0 Å². The summed E-state index contributed by atoms with van der Waals surface area (Å²) in [6, 6.07) is 9.72. The molecule has 3 heterocycles. The number of fused-ring (bicyclic) bond motifs is 1. The molecule has 0 aliphatic carbocycles. The van der Waals surface area contributed by atoms with Gasteiger partial charge in [-0.3, -0.25) is 0 Å². The van der Waals surface area contributed by atoms with Gasteiger partial charge >= 0.3 is 6.92 Å². The van der Waals surface area contributed by atoms with Gasteiger partial charge in [0.2, 0.25) is 0 Å². The Morgan fingerprint density at radius 1 is 1.15 bits per heavy atom. The average Bonchev–Trinajstić information content (AvgIpc) is 3.34. The molecule has 1 aliphatic rings. The maximum atomic E-state index is 10.4. The normalized spacial score (nSPS) is 14.0. The van der Waals surface area contributed by atoms with Crippen LogP contribution < -0.4 is 20.8 Å². The summed E-state index contributed by atoms with van der Waals surface area (Å²) in [7, 11) is 1.60. The Bertz CT molecular complexity index is 1300. The van der Waals surface area contributed by atoms with Crippen LogP contribution in [0.15, 0.2) is 48.9 Å². The minimum Gasteiger partial charge on any atom is -0.497 e. The Labute approximate surface area is 191 Å². The fourth-order valence-corrected chi connectivity index (χ4v) is 4.19. The van der Waals surface area contributed by atoms with Gasteiger partial charge < -0.3 is 25.1 Å². The smallest absolute Gasteiger partial charge is 0.324 e. The lowest BCUT2D eigenvalue weighted by molar-refractivity contribution is 0.122. The molecule has 0 atom stereocenters. The number of rotatable bonds is 5. The van der Waals surface area contributed by atoms with Crippen LogP contribution in [0.25, 0.3) is 27.7 Å². The van der Waals surface area contributed by atoms with Crippen molar-refractivity contribution in [2.24, 2.45) is 0 Å². The number of hydrogen-bond acceptors (Lipinski definition) is 8. The molecule has 0 bridgehead atoms. The molecule has 5 rings (SSSR count). The van der Waals surface area contributed by atoms with Gasteiger partial charge in [-0.1, -0.05) is 19.0 Å². The fraction of sp³-hybridized carbons (Fsp3) is 0.261. The number of ether oxygens (including phenoxy) is 2. The molecule has 2 aromatic heterocycles. The molecule has 9 nitrogen and oxygen atoms in total. The van der Waals surface area contributed by atoms with E-state index in [0.29, 0.717) is 35.6 Å². The topological polar surface area (TPSA) is 112 Å². The van der Waals surface area contributed by atoms with E-state index in [4.69, 9.17) is 15.2 Å². The second kappa shape index (κ2) is 8.72. The lowest BCUT2D eigenvalue weighted by atomic mass is 9.63. The number of benzene rings is 2. The van der Waals surface area contributed by atoms with Gasteiger partial charge in [-0.15, -0.1) is 0 Å². The molecule has 1 fully saturated rings. The minimum atomic E-state index is -0.704. The highest BCUT2D eigenvalue weighted by molar-refractivity contribution is 6.66. The minimum absolute atomic E-state index is 0.577. The largest absolute Gasteiger partial charge is 0.497 e. The van der Waals surface area contributed by atoms with Crippen LogP contribution in [0.2, 0.25) is 6.82 Å². The van der Waals surface area contributed by atoms with Crippen molar-refractivity contribution in [3.05, 3.63) is 48.9 Å². The lowest BCUT2D eigenvalue weighted by Gasteiger charge is -2.27. The van der Waals surface area contributed by atoms with Crippen molar-refractivity contribution in [3.63, 3.8) is 0 Å². The Morgan fingerprint density at radius 2 is 1.97 bits per heavy atom. The van der Waals surface area contributed by atoms with Gasteiger partial charge in [0, 0.05) is 30.1 Å². The summed E-state index contributed by atoms with van der Waals surface area (Å²) in [5.74, 6) is 0.594. The van der Waals surface area contributed by atoms with E-state index in [1.165, 1.54) is 0 Å². The first-order valence-corrected chi connectivity index (χ1v) is 10.8. The third kappa shape index (κ3) is 3.99. The van der Waals surface area contributed by atoms with Crippen LogP contribution in [0.4, 0.5) is 11.4 Å². The molecule has 0 unspecified atom stereocenters. The second-order valence-electron chi connectivity index (χ2n) is 8.06. The summed E-state index contributed by atoms with van der Waals surface area (Å²) < 4.78 is 12.9. The number of morpholine rings is 1. The summed E-state index contributed by atoms with van der Waals surface area (Å²) in [5, 5.41) is 24.1. The Balaban J connectivity index is 1.67. The van der Waals surface area contributed by atoms with Crippen molar-refractivity contribution in [1.82, 2.24) is 20.0 Å². The summed E-state index contributed by atoms with van der Waals surface area (Å²) in [6.07, 6.45) is 5.41. The first kappa shape index (κ1) is 21.2. The maximum absolute atomic E-state index is 10.4. The van der Waals surface area contributed by atoms with E-state index in [2.05, 4.69) is 20.2 Å². The molecule has 2 aromatic carbocycles. The maximum Gasteiger partial charge on any atom is 0.324 e. The summed E-state index contributed by atoms with van der Waals surface area (Å²) in [6.45, 7) is 4.08. The molecule has 0 saturated carbocycles. The van der Waals surface area contributed by atoms with E-state index < -0.39 is 6.92 Å². The van der Waals surface area contributed by atoms with E-state index in [-0.39, 0.29) is 0 Å². The average molecular weight is 444 g/mol. The molecule has 10 heteroatoms. The number of anilines is 2. The van der Waals surface area contributed by atoms with Gasteiger partial charge in [0.25, 0.3) is 0 Å². The van der Waals surface area contributed by atoms with Gasteiger partial charge in [-0.05, 0) is 23.2 Å². The van der Waals surface area contributed by atoms with Crippen LogP contribution in [-0.2, 0) is 4.74 Å². The number of hydrogen-bond donors (Lipinski definition) is 2. The van der Waals surface area contributed by atoms with Crippen LogP contribution in [-0.4, -0.2) is 65.3 Å². The van der Waals surface area contributed by atoms with Gasteiger partial charge in [0.05, 0.1) is 61.5 Å². The van der Waals surface area contributed by atoms with Crippen LogP contribution in [0.3, 0.4) is 0 Å². The predicted molar refractivity (Wildman–Crippen MR) is 130 cm³/mol. The molecule has 0 spiro atoms. The molecular weight excluding hydrogens is 419 g/mol. The fourth-order valence-electron chi connectivity index (χ4n) is 4.19. The molecule has 33 heavy (non-hydrogen) atoms. The van der Waals surface area contributed by atoms with Crippen molar-refractivity contribution in [3.8, 4) is 22.6 Å². The summed E-state index contributed by atoms with van der Waals surface area (Å²) >= 11 is 0.